The number of allylic oxidation sites excluding steroid dienone is 1. The molecular formula is C57H86N2O14. The molecule has 7 rings (SSSR count). The maximum atomic E-state index is 14.5. The Labute approximate surface area is 433 Å². The van der Waals surface area contributed by atoms with Crippen molar-refractivity contribution in [2.24, 2.45) is 35.5 Å². The minimum absolute atomic E-state index is 0.0349. The molecule has 408 valence electrons. The SMILES string of the molecule is CO[C@H]1C[C@@H]2CC[C@@H](C)[C@@](O)(O2)C(=O)C(=O)N2CCCCC2C(=O)O[C@H]([C@H](C)C[C@@H]2CC[C@@H](O)[C@H](OC)C2)CC(=O)[C@H](C)/C=C(\C)[C@@H](O)[C@@H](OC)C(=O)[C@H](C)C[C@H](C)C2CC[C@H](/C=C/1C)ON2c1ccccc1. The second kappa shape index (κ2) is 26.3. The third-order valence-electron chi connectivity index (χ3n) is 16.9. The number of para-hydroxylation sites is 1. The first-order valence-electron chi connectivity index (χ1n) is 27.1. The van der Waals surface area contributed by atoms with Crippen LogP contribution in [0.4, 0.5) is 5.69 Å². The van der Waals surface area contributed by atoms with E-state index in [0.717, 1.165) is 17.7 Å². The van der Waals surface area contributed by atoms with Gasteiger partial charge < -0.3 is 43.9 Å². The van der Waals surface area contributed by atoms with Crippen LogP contribution in [-0.4, -0.2) is 144 Å². The number of carbonyl (C=O) groups is 5. The molecule has 4 fully saturated rings. The predicted molar refractivity (Wildman–Crippen MR) is 274 cm³/mol. The highest BCUT2D eigenvalue weighted by molar-refractivity contribution is 6.39. The van der Waals surface area contributed by atoms with E-state index in [1.807, 2.05) is 62.2 Å². The highest BCUT2D eigenvalue weighted by atomic mass is 16.7. The predicted octanol–water partition coefficient (Wildman–Crippen LogP) is 7.04. The maximum absolute atomic E-state index is 14.5. The van der Waals surface area contributed by atoms with Crippen LogP contribution >= 0.6 is 0 Å². The molecule has 3 N–H and O–H groups in total. The Morgan fingerprint density at radius 1 is 0.808 bits per heavy atom. The molecule has 73 heavy (non-hydrogen) atoms. The molecule has 6 aliphatic rings. The molecule has 1 aliphatic carbocycles. The van der Waals surface area contributed by atoms with Crippen molar-refractivity contribution in [2.75, 3.05) is 32.9 Å². The number of benzene rings is 1. The van der Waals surface area contributed by atoms with Crippen molar-refractivity contribution in [3.8, 4) is 0 Å². The quantitative estimate of drug-likeness (QED) is 0.142. The summed E-state index contributed by atoms with van der Waals surface area (Å²) in [6, 6.07) is 8.56. The van der Waals surface area contributed by atoms with Gasteiger partial charge in [0.1, 0.15) is 36.2 Å². The smallest absolute Gasteiger partial charge is 0.329 e. The highest BCUT2D eigenvalue weighted by Crippen LogP contribution is 2.39. The number of hydrogen-bond acceptors (Lipinski definition) is 15. The molecule has 17 atom stereocenters. The normalized spacial score (nSPS) is 39.5. The molecule has 0 aromatic heterocycles. The number of Topliss-reactive ketones (excluding diaryl/α,β-unsaturated/α-hetero) is 3. The van der Waals surface area contributed by atoms with Gasteiger partial charge in [0.15, 0.2) is 5.78 Å². The molecule has 5 aliphatic heterocycles. The van der Waals surface area contributed by atoms with Crippen LogP contribution in [0, 0.1) is 35.5 Å². The van der Waals surface area contributed by atoms with Crippen LogP contribution in [0.5, 0.6) is 0 Å². The van der Waals surface area contributed by atoms with E-state index >= 15 is 0 Å². The molecular weight excluding hydrogens is 937 g/mol. The number of piperidine rings is 1. The van der Waals surface area contributed by atoms with Crippen molar-refractivity contribution < 1.29 is 67.8 Å². The number of rotatable bonds is 7. The van der Waals surface area contributed by atoms with Crippen LogP contribution in [0.15, 0.2) is 53.6 Å². The lowest BCUT2D eigenvalue weighted by atomic mass is 9.78. The fourth-order valence-corrected chi connectivity index (χ4v) is 12.1. The average Bonchev–Trinajstić information content (AvgIpc) is 3.38. The van der Waals surface area contributed by atoms with Gasteiger partial charge in [-0.2, -0.15) is 0 Å². The van der Waals surface area contributed by atoms with Gasteiger partial charge in [0, 0.05) is 58.5 Å². The number of hydrogen-bond donors (Lipinski definition) is 3. The lowest BCUT2D eigenvalue weighted by Gasteiger charge is -2.43. The molecule has 0 radical (unpaired) electrons. The van der Waals surface area contributed by atoms with Gasteiger partial charge in [-0.25, -0.2) is 4.79 Å². The number of hydroxylamine groups is 1. The van der Waals surface area contributed by atoms with Gasteiger partial charge in [-0.15, -0.1) is 0 Å². The second-order valence-corrected chi connectivity index (χ2v) is 22.3. The number of fused-ring (bicyclic) bond motifs is 17. The average molecular weight is 1020 g/mol. The number of aliphatic hydroxyl groups is 3. The van der Waals surface area contributed by atoms with E-state index in [9.17, 15) is 39.3 Å². The third-order valence-corrected chi connectivity index (χ3v) is 16.9. The summed E-state index contributed by atoms with van der Waals surface area (Å²) < 4.78 is 29.9. The Hall–Kier alpha value is -3.87. The van der Waals surface area contributed by atoms with Crippen molar-refractivity contribution in [3.05, 3.63) is 53.6 Å². The fourth-order valence-electron chi connectivity index (χ4n) is 12.1. The van der Waals surface area contributed by atoms with Gasteiger partial charge in [0.05, 0.1) is 36.1 Å². The molecule has 3 saturated heterocycles. The van der Waals surface area contributed by atoms with Crippen molar-refractivity contribution in [1.82, 2.24) is 4.90 Å². The van der Waals surface area contributed by atoms with E-state index in [1.165, 1.54) is 12.0 Å². The largest absolute Gasteiger partial charge is 0.460 e. The Bertz CT molecular complexity index is 2100. The molecule has 2 unspecified atom stereocenters. The summed E-state index contributed by atoms with van der Waals surface area (Å²) >= 11 is 0. The van der Waals surface area contributed by atoms with E-state index in [4.69, 9.17) is 28.5 Å². The molecule has 1 saturated carbocycles. The first-order chi connectivity index (χ1) is 34.7. The topological polar surface area (TPSA) is 208 Å². The van der Waals surface area contributed by atoms with E-state index in [0.29, 0.717) is 69.8 Å². The standard InChI is InChI=1S/C57H86N2O14/c1-33-26-37(5)51(62)53(70-10)52(63)38(6)27-34(2)47(61)32-49(35(3)28-40-20-24-46(60)50(30-40)69-9)71-56(66)45-18-14-15-25-58(45)55(65)54(64)57(67)39(7)19-21-42(72-57)31-48(68-8)36(4)29-43-22-23-44(33)59(73-43)41-16-12-11-13-17-41/h11-13,16-17,27,29,33-35,37,39-40,42-46,48-50,52-53,60,63,67H,14-15,18-26,28,30-32H2,1-10H3/b36-29+,38-27+/t33-,34+,35+,37+,39+,40-,42-,43+,44?,45?,46+,48-,49-,50+,52+,53-,57+/m0/s1. The maximum Gasteiger partial charge on any atom is 0.329 e. The van der Waals surface area contributed by atoms with Crippen LogP contribution in [0.2, 0.25) is 0 Å². The number of ketones is 3. The van der Waals surface area contributed by atoms with Crippen LogP contribution in [0.1, 0.15) is 138 Å². The molecule has 0 spiro atoms. The van der Waals surface area contributed by atoms with Gasteiger partial charge in [-0.3, -0.25) is 29.1 Å². The zero-order valence-corrected chi connectivity index (χ0v) is 45.1. The molecule has 4 bridgehead atoms. The summed E-state index contributed by atoms with van der Waals surface area (Å²) in [6.07, 6.45) is 4.36. The van der Waals surface area contributed by atoms with Gasteiger partial charge >= 0.3 is 5.97 Å². The molecule has 1 aromatic carbocycles. The number of nitrogens with zero attached hydrogens (tertiary/aromatic N) is 2. The van der Waals surface area contributed by atoms with E-state index in [-0.39, 0.29) is 73.4 Å². The number of aliphatic hydroxyl groups excluding tert-OH is 2. The number of esters is 1. The van der Waals surface area contributed by atoms with Crippen LogP contribution in [0.25, 0.3) is 0 Å². The molecule has 5 heterocycles. The van der Waals surface area contributed by atoms with Gasteiger partial charge in [0.2, 0.25) is 5.79 Å². The molecule has 16 heteroatoms. The molecule has 1 amide bonds. The zero-order valence-electron chi connectivity index (χ0n) is 45.1. The number of anilines is 1. The minimum atomic E-state index is -2.46. The van der Waals surface area contributed by atoms with Crippen LogP contribution in [0.3, 0.4) is 0 Å². The third kappa shape index (κ3) is 14.1. The number of methoxy groups -OCH3 is 3. The Balaban J connectivity index is 1.34. The van der Waals surface area contributed by atoms with Crippen LogP contribution in [-0.2, 0) is 52.5 Å². The lowest BCUT2D eigenvalue weighted by molar-refractivity contribution is -0.265. The first kappa shape index (κ1) is 58.4. The highest BCUT2D eigenvalue weighted by Gasteiger charge is 2.53. The van der Waals surface area contributed by atoms with Gasteiger partial charge in [0.25, 0.3) is 11.7 Å². The van der Waals surface area contributed by atoms with Crippen molar-refractivity contribution in [3.63, 3.8) is 0 Å². The van der Waals surface area contributed by atoms with Crippen LogP contribution < -0.4 is 5.06 Å². The Morgan fingerprint density at radius 3 is 2.22 bits per heavy atom. The first-order valence-corrected chi connectivity index (χ1v) is 27.1. The summed E-state index contributed by atoms with van der Waals surface area (Å²) in [5, 5.41) is 36.3. The zero-order chi connectivity index (χ0) is 53.3. The van der Waals surface area contributed by atoms with E-state index in [2.05, 4.69) is 6.92 Å². The second-order valence-electron chi connectivity index (χ2n) is 22.3. The van der Waals surface area contributed by atoms with Crippen molar-refractivity contribution in [2.45, 2.75) is 205 Å². The Kier molecular flexibility index (Phi) is 21.0. The monoisotopic (exact) mass is 1020 g/mol. The van der Waals surface area contributed by atoms with Gasteiger partial charge in [-0.05, 0) is 132 Å². The number of carbonyl (C=O) groups excluding carboxylic acids is 5. The lowest BCUT2D eigenvalue weighted by Crippen LogP contribution is -2.61. The van der Waals surface area contributed by atoms with E-state index in [1.54, 1.807) is 41.1 Å². The van der Waals surface area contributed by atoms with Crippen molar-refractivity contribution >= 4 is 34.9 Å². The summed E-state index contributed by atoms with van der Waals surface area (Å²) in [5.41, 5.74) is 2.11. The van der Waals surface area contributed by atoms with E-state index < -0.39 is 83.9 Å². The van der Waals surface area contributed by atoms with Gasteiger partial charge in [-0.1, -0.05) is 65.0 Å². The van der Waals surface area contributed by atoms with Crippen molar-refractivity contribution in [1.29, 1.82) is 0 Å². The molecule has 16 nitrogen and oxygen atoms in total. The minimum Gasteiger partial charge on any atom is -0.460 e. The molecule has 1 aromatic rings. The Morgan fingerprint density at radius 2 is 1.53 bits per heavy atom. The summed E-state index contributed by atoms with van der Waals surface area (Å²) in [7, 11) is 4.56. The number of amides is 1. The number of ether oxygens (including phenoxy) is 5. The fraction of sp³-hybridized carbons (Fsp3) is 0.737. The summed E-state index contributed by atoms with van der Waals surface area (Å²) in [6.45, 7) is 12.9. The summed E-state index contributed by atoms with van der Waals surface area (Å²) in [4.78, 5) is 79.9. The summed E-state index contributed by atoms with van der Waals surface area (Å²) in [5.74, 6) is -8.21.